The Bertz CT molecular complexity index is 1350. The number of aromatic amines is 1. The number of thiophene rings is 1. The zero-order chi connectivity index (χ0) is 20.7. The van der Waals surface area contributed by atoms with Gasteiger partial charge in [0, 0.05) is 22.5 Å². The van der Waals surface area contributed by atoms with Crippen LogP contribution in [0.2, 0.25) is 5.02 Å². The van der Waals surface area contributed by atoms with Crippen molar-refractivity contribution in [1.82, 2.24) is 15.0 Å². The predicted molar refractivity (Wildman–Crippen MR) is 128 cm³/mol. The van der Waals surface area contributed by atoms with Crippen LogP contribution >= 0.6 is 22.9 Å². The Kier molecular flexibility index (Phi) is 4.93. The number of anilines is 1. The van der Waals surface area contributed by atoms with Gasteiger partial charge in [0.2, 0.25) is 0 Å². The highest BCUT2D eigenvalue weighted by Gasteiger charge is 2.14. The molecule has 5 aromatic rings. The van der Waals surface area contributed by atoms with Gasteiger partial charge in [-0.05, 0) is 49.1 Å². The Hall–Kier alpha value is -2.89. The molecule has 0 aliphatic carbocycles. The first kappa shape index (κ1) is 19.1. The lowest BCUT2D eigenvalue weighted by Crippen LogP contribution is -2.07. The van der Waals surface area contributed by atoms with Crippen LogP contribution in [-0.2, 0) is 6.42 Å². The molecular weight excluding hydrogens is 412 g/mol. The van der Waals surface area contributed by atoms with E-state index in [1.165, 1.54) is 27.3 Å². The normalized spacial score (nSPS) is 11.4. The molecule has 6 heteroatoms. The van der Waals surface area contributed by atoms with Gasteiger partial charge in [0.25, 0.3) is 0 Å². The molecule has 0 aliphatic heterocycles. The van der Waals surface area contributed by atoms with Gasteiger partial charge in [-0.2, -0.15) is 0 Å². The fraction of sp³-hybridized carbons (Fsp3) is 0.167. The number of nitrogens with zero attached hydrogens (tertiary/aromatic N) is 2. The molecule has 0 radical (unpaired) electrons. The Morgan fingerprint density at radius 1 is 1.07 bits per heavy atom. The molecule has 0 aliphatic rings. The summed E-state index contributed by atoms with van der Waals surface area (Å²) in [5.74, 6) is 0.881. The third kappa shape index (κ3) is 3.34. The Morgan fingerprint density at radius 3 is 2.73 bits per heavy atom. The summed E-state index contributed by atoms with van der Waals surface area (Å²) in [5.41, 5.74) is 6.93. The van der Waals surface area contributed by atoms with Crippen molar-refractivity contribution in [2.24, 2.45) is 0 Å². The number of aromatic nitrogens is 3. The fourth-order valence-electron chi connectivity index (χ4n) is 3.93. The standard InChI is InChI=1S/C24H21ClN4S/c1-14-8-9-18(25)21-17(15(2)29-22(14)21)10-11-26-24-23-19(27-13-28-24)12-20(30-23)16-6-4-3-5-7-16/h3-9,12-13,29H,10-11H2,1-2H3,(H,26,27,28). The van der Waals surface area contributed by atoms with Gasteiger partial charge in [-0.15, -0.1) is 11.3 Å². The molecule has 5 rings (SSSR count). The summed E-state index contributed by atoms with van der Waals surface area (Å²) in [7, 11) is 0. The summed E-state index contributed by atoms with van der Waals surface area (Å²) in [6, 6.07) is 16.6. The Labute approximate surface area is 184 Å². The number of nitrogens with one attached hydrogen (secondary N) is 2. The second-order valence-corrected chi connectivity index (χ2v) is 8.89. The van der Waals surface area contributed by atoms with Crippen LogP contribution in [0.5, 0.6) is 0 Å². The summed E-state index contributed by atoms with van der Waals surface area (Å²) in [4.78, 5) is 13.7. The zero-order valence-electron chi connectivity index (χ0n) is 16.8. The van der Waals surface area contributed by atoms with E-state index >= 15 is 0 Å². The van der Waals surface area contributed by atoms with Gasteiger partial charge in [-0.3, -0.25) is 0 Å². The lowest BCUT2D eigenvalue weighted by atomic mass is 10.1. The Morgan fingerprint density at radius 2 is 1.90 bits per heavy atom. The first-order valence-corrected chi connectivity index (χ1v) is 11.1. The number of hydrogen-bond donors (Lipinski definition) is 2. The van der Waals surface area contributed by atoms with E-state index < -0.39 is 0 Å². The number of halogens is 1. The minimum absolute atomic E-state index is 0.767. The molecule has 0 atom stereocenters. The third-order valence-corrected chi connectivity index (χ3v) is 6.96. The maximum atomic E-state index is 6.52. The summed E-state index contributed by atoms with van der Waals surface area (Å²) < 4.78 is 1.08. The van der Waals surface area contributed by atoms with E-state index in [0.29, 0.717) is 0 Å². The van der Waals surface area contributed by atoms with E-state index in [1.54, 1.807) is 17.7 Å². The Balaban J connectivity index is 1.41. The molecule has 2 N–H and O–H groups in total. The highest BCUT2D eigenvalue weighted by atomic mass is 35.5. The first-order chi connectivity index (χ1) is 14.6. The SMILES string of the molecule is Cc1[nH]c2c(C)ccc(Cl)c2c1CCNc1ncnc2cc(-c3ccccc3)sc12. The molecule has 0 spiro atoms. The van der Waals surface area contributed by atoms with E-state index in [0.717, 1.165) is 44.9 Å². The number of H-pyrrole nitrogens is 1. The van der Waals surface area contributed by atoms with Crippen LogP contribution in [-0.4, -0.2) is 21.5 Å². The smallest absolute Gasteiger partial charge is 0.147 e. The summed E-state index contributed by atoms with van der Waals surface area (Å²) in [5, 5.41) is 5.45. The van der Waals surface area contributed by atoms with Crippen molar-refractivity contribution in [3.8, 4) is 10.4 Å². The van der Waals surface area contributed by atoms with Crippen LogP contribution < -0.4 is 5.32 Å². The maximum Gasteiger partial charge on any atom is 0.147 e. The highest BCUT2D eigenvalue weighted by molar-refractivity contribution is 7.22. The average molecular weight is 433 g/mol. The zero-order valence-corrected chi connectivity index (χ0v) is 18.4. The van der Waals surface area contributed by atoms with Crippen molar-refractivity contribution < 1.29 is 0 Å². The summed E-state index contributed by atoms with van der Waals surface area (Å²) >= 11 is 8.24. The molecule has 0 fully saturated rings. The molecule has 0 saturated carbocycles. The van der Waals surface area contributed by atoms with Crippen LogP contribution in [0.15, 0.2) is 54.9 Å². The van der Waals surface area contributed by atoms with Gasteiger partial charge in [-0.25, -0.2) is 9.97 Å². The minimum atomic E-state index is 0.767. The second kappa shape index (κ2) is 7.74. The van der Waals surface area contributed by atoms with Crippen molar-refractivity contribution >= 4 is 49.9 Å². The second-order valence-electron chi connectivity index (χ2n) is 7.43. The van der Waals surface area contributed by atoms with Gasteiger partial charge in [0.1, 0.15) is 12.1 Å². The predicted octanol–water partition coefficient (Wildman–Crippen LogP) is 6.76. The monoisotopic (exact) mass is 432 g/mol. The quantitative estimate of drug-likeness (QED) is 0.322. The summed E-state index contributed by atoms with van der Waals surface area (Å²) in [6.07, 6.45) is 2.49. The number of fused-ring (bicyclic) bond motifs is 2. The first-order valence-electron chi connectivity index (χ1n) is 9.92. The molecule has 0 saturated heterocycles. The van der Waals surface area contributed by atoms with Crippen LogP contribution in [0.4, 0.5) is 5.82 Å². The van der Waals surface area contributed by atoms with E-state index in [-0.39, 0.29) is 0 Å². The van der Waals surface area contributed by atoms with Crippen LogP contribution in [0, 0.1) is 13.8 Å². The van der Waals surface area contributed by atoms with Gasteiger partial charge in [-0.1, -0.05) is 48.0 Å². The molecule has 150 valence electrons. The van der Waals surface area contributed by atoms with E-state index in [4.69, 9.17) is 11.6 Å². The number of aryl methyl sites for hydroxylation is 2. The van der Waals surface area contributed by atoms with Crippen molar-refractivity contribution in [2.45, 2.75) is 20.3 Å². The molecule has 0 bridgehead atoms. The van der Waals surface area contributed by atoms with Crippen molar-refractivity contribution in [1.29, 1.82) is 0 Å². The number of benzene rings is 2. The van der Waals surface area contributed by atoms with Gasteiger partial charge in [0.05, 0.1) is 20.8 Å². The van der Waals surface area contributed by atoms with Crippen molar-refractivity contribution in [3.63, 3.8) is 0 Å². The lowest BCUT2D eigenvalue weighted by Gasteiger charge is -2.07. The fourth-order valence-corrected chi connectivity index (χ4v) is 5.29. The molecule has 2 aromatic carbocycles. The molecule has 4 nitrogen and oxygen atoms in total. The summed E-state index contributed by atoms with van der Waals surface area (Å²) in [6.45, 7) is 4.98. The number of hydrogen-bond acceptors (Lipinski definition) is 4. The largest absolute Gasteiger partial charge is 0.368 e. The molecule has 30 heavy (non-hydrogen) atoms. The number of rotatable bonds is 5. The third-order valence-electron chi connectivity index (χ3n) is 5.47. The van der Waals surface area contributed by atoms with Crippen molar-refractivity contribution in [3.05, 3.63) is 76.7 Å². The van der Waals surface area contributed by atoms with Crippen LogP contribution in [0.25, 0.3) is 31.6 Å². The van der Waals surface area contributed by atoms with Gasteiger partial charge < -0.3 is 10.3 Å². The highest BCUT2D eigenvalue weighted by Crippen LogP contribution is 2.36. The van der Waals surface area contributed by atoms with Gasteiger partial charge in [0.15, 0.2) is 0 Å². The molecule has 3 heterocycles. The minimum Gasteiger partial charge on any atom is -0.368 e. The molecular formula is C24H21ClN4S. The van der Waals surface area contributed by atoms with E-state index in [9.17, 15) is 0 Å². The van der Waals surface area contributed by atoms with Crippen molar-refractivity contribution in [2.75, 3.05) is 11.9 Å². The molecule has 3 aromatic heterocycles. The van der Waals surface area contributed by atoms with Crippen LogP contribution in [0.1, 0.15) is 16.8 Å². The molecule has 0 unspecified atom stereocenters. The topological polar surface area (TPSA) is 53.6 Å². The van der Waals surface area contributed by atoms with Crippen LogP contribution in [0.3, 0.4) is 0 Å². The average Bonchev–Trinajstić information content (AvgIpc) is 3.34. The molecule has 0 amide bonds. The lowest BCUT2D eigenvalue weighted by molar-refractivity contribution is 0.999. The van der Waals surface area contributed by atoms with E-state index in [1.807, 2.05) is 12.1 Å². The maximum absolute atomic E-state index is 6.52. The van der Waals surface area contributed by atoms with E-state index in [2.05, 4.69) is 70.5 Å². The van der Waals surface area contributed by atoms with Gasteiger partial charge >= 0.3 is 0 Å².